The van der Waals surface area contributed by atoms with E-state index in [1.54, 1.807) is 13.0 Å². The van der Waals surface area contributed by atoms with Crippen LogP contribution in [0.25, 0.3) is 0 Å². The first-order valence-electron chi connectivity index (χ1n) is 5.46. The molecule has 0 fully saturated rings. The molecule has 0 bridgehead atoms. The Hall–Kier alpha value is -1.89. The van der Waals surface area contributed by atoms with Crippen LogP contribution >= 0.6 is 15.9 Å². The van der Waals surface area contributed by atoms with Gasteiger partial charge >= 0.3 is 0 Å². The number of benzene rings is 1. The summed E-state index contributed by atoms with van der Waals surface area (Å²) >= 11 is 3.25. The summed E-state index contributed by atoms with van der Waals surface area (Å²) in [6.07, 6.45) is 1.48. The van der Waals surface area contributed by atoms with Crippen LogP contribution in [0.4, 0.5) is 19.0 Å². The molecule has 3 nitrogen and oxygen atoms in total. The van der Waals surface area contributed by atoms with Crippen molar-refractivity contribution in [1.82, 2.24) is 4.98 Å². The number of amides is 1. The first kappa shape index (κ1) is 14.5. The summed E-state index contributed by atoms with van der Waals surface area (Å²) in [6.45, 7) is 1.79. The van der Waals surface area contributed by atoms with E-state index in [0.717, 1.165) is 10.0 Å². The number of pyridine rings is 1. The van der Waals surface area contributed by atoms with Crippen LogP contribution in [0.5, 0.6) is 0 Å². The monoisotopic (exact) mass is 344 g/mol. The van der Waals surface area contributed by atoms with E-state index in [0.29, 0.717) is 12.1 Å². The standard InChI is InChI=1S/C13H8BrF3N2O/c1-6-2-11(18-5-8(6)14)19-13(20)7-3-9(15)12(17)10(16)4-7/h2-5H,1H3,(H,18,19,20). The van der Waals surface area contributed by atoms with E-state index in [9.17, 15) is 18.0 Å². The zero-order valence-electron chi connectivity index (χ0n) is 10.2. The Morgan fingerprint density at radius 3 is 2.35 bits per heavy atom. The highest BCUT2D eigenvalue weighted by Crippen LogP contribution is 2.19. The van der Waals surface area contributed by atoms with Crippen molar-refractivity contribution in [3.05, 3.63) is 57.4 Å². The van der Waals surface area contributed by atoms with Crippen LogP contribution in [0.2, 0.25) is 0 Å². The van der Waals surface area contributed by atoms with Crippen molar-refractivity contribution < 1.29 is 18.0 Å². The summed E-state index contributed by atoms with van der Waals surface area (Å²) in [7, 11) is 0. The molecular weight excluding hydrogens is 337 g/mol. The van der Waals surface area contributed by atoms with Gasteiger partial charge in [0.15, 0.2) is 17.5 Å². The molecule has 0 saturated carbocycles. The summed E-state index contributed by atoms with van der Waals surface area (Å²) in [5, 5.41) is 2.37. The number of nitrogens with zero attached hydrogens (tertiary/aromatic N) is 1. The minimum Gasteiger partial charge on any atom is -0.307 e. The normalized spacial score (nSPS) is 10.4. The lowest BCUT2D eigenvalue weighted by molar-refractivity contribution is 0.102. The number of carbonyl (C=O) groups excluding carboxylic acids is 1. The van der Waals surface area contributed by atoms with Crippen molar-refractivity contribution in [2.75, 3.05) is 5.32 Å². The van der Waals surface area contributed by atoms with Crippen LogP contribution in [-0.2, 0) is 0 Å². The fourth-order valence-electron chi connectivity index (χ4n) is 1.48. The molecule has 20 heavy (non-hydrogen) atoms. The third kappa shape index (κ3) is 2.98. The number of hydrogen-bond donors (Lipinski definition) is 1. The van der Waals surface area contributed by atoms with Crippen molar-refractivity contribution in [3.63, 3.8) is 0 Å². The van der Waals surface area contributed by atoms with Crippen molar-refractivity contribution in [2.45, 2.75) is 6.92 Å². The van der Waals surface area contributed by atoms with Crippen molar-refractivity contribution in [1.29, 1.82) is 0 Å². The molecule has 0 saturated heterocycles. The quantitative estimate of drug-likeness (QED) is 0.841. The predicted molar refractivity (Wildman–Crippen MR) is 70.9 cm³/mol. The molecule has 1 amide bonds. The minimum atomic E-state index is -1.61. The fourth-order valence-corrected chi connectivity index (χ4v) is 1.70. The second-order valence-electron chi connectivity index (χ2n) is 4.03. The van der Waals surface area contributed by atoms with Crippen LogP contribution in [0.3, 0.4) is 0 Å². The Kier molecular flexibility index (Phi) is 4.08. The summed E-state index contributed by atoms with van der Waals surface area (Å²) in [5.41, 5.74) is 0.496. The Labute approximate surface area is 121 Å². The lowest BCUT2D eigenvalue weighted by atomic mass is 10.2. The number of anilines is 1. The van der Waals surface area contributed by atoms with Crippen LogP contribution in [0.15, 0.2) is 28.9 Å². The Balaban J connectivity index is 2.26. The second kappa shape index (κ2) is 5.62. The highest BCUT2D eigenvalue weighted by Gasteiger charge is 2.15. The van der Waals surface area contributed by atoms with E-state index in [1.165, 1.54) is 6.20 Å². The Bertz CT molecular complexity index is 668. The first-order chi connectivity index (χ1) is 9.38. The van der Waals surface area contributed by atoms with E-state index in [2.05, 4.69) is 26.2 Å². The first-order valence-corrected chi connectivity index (χ1v) is 6.26. The number of aryl methyl sites for hydroxylation is 1. The summed E-state index contributed by atoms with van der Waals surface area (Å²) < 4.78 is 39.6. The van der Waals surface area contributed by atoms with Gasteiger partial charge in [0.05, 0.1) is 0 Å². The predicted octanol–water partition coefficient (Wildman–Crippen LogP) is 3.82. The van der Waals surface area contributed by atoms with Gasteiger partial charge < -0.3 is 5.32 Å². The van der Waals surface area contributed by atoms with Gasteiger partial charge in [0.2, 0.25) is 0 Å². The molecule has 0 aliphatic rings. The van der Waals surface area contributed by atoms with Gasteiger partial charge in [-0.15, -0.1) is 0 Å². The fraction of sp³-hybridized carbons (Fsp3) is 0.0769. The highest BCUT2D eigenvalue weighted by molar-refractivity contribution is 9.10. The molecule has 0 radical (unpaired) electrons. The smallest absolute Gasteiger partial charge is 0.257 e. The molecule has 0 atom stereocenters. The SMILES string of the molecule is Cc1cc(NC(=O)c2cc(F)c(F)c(F)c2)ncc1Br. The molecule has 0 aliphatic carbocycles. The lowest BCUT2D eigenvalue weighted by Gasteiger charge is -2.07. The number of aromatic nitrogens is 1. The van der Waals surface area contributed by atoms with E-state index in [4.69, 9.17) is 0 Å². The van der Waals surface area contributed by atoms with Gasteiger partial charge in [0.25, 0.3) is 5.91 Å². The van der Waals surface area contributed by atoms with Gasteiger partial charge in [0, 0.05) is 16.2 Å². The lowest BCUT2D eigenvalue weighted by Crippen LogP contribution is -2.14. The summed E-state index contributed by atoms with van der Waals surface area (Å²) in [5.74, 6) is -5.01. The molecular formula is C13H8BrF3N2O. The average molecular weight is 345 g/mol. The molecule has 1 heterocycles. The van der Waals surface area contributed by atoms with Gasteiger partial charge in [-0.3, -0.25) is 4.79 Å². The molecule has 0 aliphatic heterocycles. The third-order valence-electron chi connectivity index (χ3n) is 2.53. The van der Waals surface area contributed by atoms with Crippen molar-refractivity contribution >= 4 is 27.7 Å². The maximum atomic E-state index is 13.0. The third-order valence-corrected chi connectivity index (χ3v) is 3.36. The molecule has 1 N–H and O–H groups in total. The summed E-state index contributed by atoms with van der Waals surface area (Å²) in [4.78, 5) is 15.7. The van der Waals surface area contributed by atoms with Crippen LogP contribution in [0, 0.1) is 24.4 Å². The number of nitrogens with one attached hydrogen (secondary N) is 1. The maximum Gasteiger partial charge on any atom is 0.257 e. The second-order valence-corrected chi connectivity index (χ2v) is 4.88. The number of hydrogen-bond acceptors (Lipinski definition) is 2. The van der Waals surface area contributed by atoms with Gasteiger partial charge in [0.1, 0.15) is 5.82 Å². The van der Waals surface area contributed by atoms with E-state index in [-0.39, 0.29) is 11.4 Å². The molecule has 104 valence electrons. The van der Waals surface area contributed by atoms with Crippen molar-refractivity contribution in [2.24, 2.45) is 0 Å². The van der Waals surface area contributed by atoms with E-state index in [1.807, 2.05) is 0 Å². The zero-order chi connectivity index (χ0) is 14.9. The average Bonchev–Trinajstić information content (AvgIpc) is 2.39. The van der Waals surface area contributed by atoms with Crippen LogP contribution < -0.4 is 5.32 Å². The topological polar surface area (TPSA) is 42.0 Å². The zero-order valence-corrected chi connectivity index (χ0v) is 11.8. The minimum absolute atomic E-state index is 0.223. The molecule has 0 unspecified atom stereocenters. The Morgan fingerprint density at radius 1 is 1.20 bits per heavy atom. The molecule has 0 spiro atoms. The van der Waals surface area contributed by atoms with Crippen LogP contribution in [0.1, 0.15) is 15.9 Å². The molecule has 1 aromatic carbocycles. The van der Waals surface area contributed by atoms with Gasteiger partial charge in [-0.1, -0.05) is 0 Å². The van der Waals surface area contributed by atoms with Crippen LogP contribution in [-0.4, -0.2) is 10.9 Å². The number of rotatable bonds is 2. The van der Waals surface area contributed by atoms with E-state index < -0.39 is 23.4 Å². The molecule has 7 heteroatoms. The largest absolute Gasteiger partial charge is 0.307 e. The maximum absolute atomic E-state index is 13.0. The van der Waals surface area contributed by atoms with E-state index >= 15 is 0 Å². The number of carbonyl (C=O) groups is 1. The molecule has 2 aromatic rings. The summed E-state index contributed by atoms with van der Waals surface area (Å²) in [6, 6.07) is 2.83. The van der Waals surface area contributed by atoms with Gasteiger partial charge in [-0.2, -0.15) is 0 Å². The highest BCUT2D eigenvalue weighted by atomic mass is 79.9. The number of halogens is 4. The van der Waals surface area contributed by atoms with Gasteiger partial charge in [-0.05, 0) is 46.6 Å². The van der Waals surface area contributed by atoms with Gasteiger partial charge in [-0.25, -0.2) is 18.2 Å². The molecule has 1 aromatic heterocycles. The van der Waals surface area contributed by atoms with Crippen molar-refractivity contribution in [3.8, 4) is 0 Å². The molecule has 2 rings (SSSR count). The Morgan fingerprint density at radius 2 is 1.80 bits per heavy atom.